The lowest BCUT2D eigenvalue weighted by Gasteiger charge is -1.98. The largest absolute Gasteiger partial charge is 0.364 e. The SMILES string of the molecule is CC=CC(=C=O)C1(C)CO1. The Hall–Kier alpha value is -0.850. The molecule has 0 amide bonds. The van der Waals surface area contributed by atoms with Gasteiger partial charge in [0.05, 0.1) is 12.2 Å². The predicted octanol–water partition coefficient (Wildman–Crippen LogP) is 1.11. The summed E-state index contributed by atoms with van der Waals surface area (Å²) in [6.45, 7) is 4.39. The molecule has 0 spiro atoms. The lowest BCUT2D eigenvalue weighted by Crippen LogP contribution is -2.07. The van der Waals surface area contributed by atoms with Crippen LogP contribution in [-0.4, -0.2) is 18.1 Å². The molecule has 1 aliphatic rings. The molecule has 0 radical (unpaired) electrons. The molecule has 1 rings (SSSR count). The van der Waals surface area contributed by atoms with Crippen LogP contribution in [-0.2, 0) is 9.53 Å². The molecule has 1 atom stereocenters. The summed E-state index contributed by atoms with van der Waals surface area (Å²) in [5.74, 6) is 1.86. The van der Waals surface area contributed by atoms with Crippen molar-refractivity contribution in [3.8, 4) is 0 Å². The molecule has 0 bridgehead atoms. The molecular weight excluding hydrogens is 128 g/mol. The van der Waals surface area contributed by atoms with E-state index in [2.05, 4.69) is 0 Å². The molecule has 0 aliphatic carbocycles. The van der Waals surface area contributed by atoms with Crippen molar-refractivity contribution in [3.05, 3.63) is 17.7 Å². The first-order valence-corrected chi connectivity index (χ1v) is 3.25. The van der Waals surface area contributed by atoms with E-state index in [-0.39, 0.29) is 5.60 Å². The van der Waals surface area contributed by atoms with Gasteiger partial charge in [0, 0.05) is 0 Å². The molecule has 0 aromatic carbocycles. The van der Waals surface area contributed by atoms with Crippen molar-refractivity contribution in [1.82, 2.24) is 0 Å². The van der Waals surface area contributed by atoms with Gasteiger partial charge < -0.3 is 4.74 Å². The van der Waals surface area contributed by atoms with Crippen molar-refractivity contribution in [2.24, 2.45) is 0 Å². The van der Waals surface area contributed by atoms with Gasteiger partial charge in [0.15, 0.2) is 0 Å². The van der Waals surface area contributed by atoms with Gasteiger partial charge in [-0.15, -0.1) is 0 Å². The summed E-state index contributed by atoms with van der Waals surface area (Å²) in [6.07, 6.45) is 3.55. The molecule has 10 heavy (non-hydrogen) atoms. The summed E-state index contributed by atoms with van der Waals surface area (Å²) < 4.78 is 5.05. The average molecular weight is 138 g/mol. The summed E-state index contributed by atoms with van der Waals surface area (Å²) in [5, 5.41) is 0. The van der Waals surface area contributed by atoms with Crippen LogP contribution in [0.2, 0.25) is 0 Å². The lowest BCUT2D eigenvalue weighted by molar-refractivity contribution is 0.362. The van der Waals surface area contributed by atoms with Crippen molar-refractivity contribution in [1.29, 1.82) is 0 Å². The summed E-state index contributed by atoms with van der Waals surface area (Å²) in [7, 11) is 0. The third-order valence-corrected chi connectivity index (χ3v) is 1.59. The summed E-state index contributed by atoms with van der Waals surface area (Å²) in [5.41, 5.74) is 0.281. The molecule has 54 valence electrons. The third kappa shape index (κ3) is 1.18. The zero-order chi connectivity index (χ0) is 7.61. The molecular formula is C8H10O2. The van der Waals surface area contributed by atoms with Crippen molar-refractivity contribution >= 4 is 5.94 Å². The molecule has 1 fully saturated rings. The quantitative estimate of drug-likeness (QED) is 0.325. The smallest absolute Gasteiger partial charge is 0.131 e. The van der Waals surface area contributed by atoms with Crippen molar-refractivity contribution in [2.75, 3.05) is 6.61 Å². The van der Waals surface area contributed by atoms with Gasteiger partial charge in [-0.2, -0.15) is 0 Å². The van der Waals surface area contributed by atoms with Crippen LogP contribution in [0.1, 0.15) is 13.8 Å². The van der Waals surface area contributed by atoms with E-state index in [0.29, 0.717) is 12.2 Å². The standard InChI is InChI=1S/C8H10O2/c1-3-4-7(5-9)8(2)6-10-8/h3-4H,6H2,1-2H3. The number of ether oxygens (including phenoxy) is 1. The highest BCUT2D eigenvalue weighted by Crippen LogP contribution is 2.33. The Morgan fingerprint density at radius 2 is 2.40 bits per heavy atom. The molecule has 1 aliphatic heterocycles. The topological polar surface area (TPSA) is 29.6 Å². The highest BCUT2D eigenvalue weighted by atomic mass is 16.6. The van der Waals surface area contributed by atoms with Crippen molar-refractivity contribution < 1.29 is 9.53 Å². The van der Waals surface area contributed by atoms with Gasteiger partial charge in [0.2, 0.25) is 0 Å². The van der Waals surface area contributed by atoms with Gasteiger partial charge in [-0.25, -0.2) is 4.79 Å². The van der Waals surface area contributed by atoms with Crippen LogP contribution in [0.15, 0.2) is 17.7 Å². The van der Waals surface area contributed by atoms with E-state index in [1.807, 2.05) is 25.9 Å². The zero-order valence-electron chi connectivity index (χ0n) is 6.18. The summed E-state index contributed by atoms with van der Waals surface area (Å²) in [4.78, 5) is 10.3. The van der Waals surface area contributed by atoms with E-state index in [1.165, 1.54) is 0 Å². The van der Waals surface area contributed by atoms with E-state index in [1.54, 1.807) is 6.08 Å². The first kappa shape index (κ1) is 7.26. The summed E-state index contributed by atoms with van der Waals surface area (Å²) >= 11 is 0. The third-order valence-electron chi connectivity index (χ3n) is 1.59. The van der Waals surface area contributed by atoms with Crippen LogP contribution in [0.4, 0.5) is 0 Å². The van der Waals surface area contributed by atoms with Gasteiger partial charge >= 0.3 is 0 Å². The minimum Gasteiger partial charge on any atom is -0.364 e. The Morgan fingerprint density at radius 1 is 1.80 bits per heavy atom. The number of carbonyl (C=O) groups excluding carboxylic acids is 1. The Bertz CT molecular complexity index is 205. The molecule has 1 saturated heterocycles. The van der Waals surface area contributed by atoms with Crippen LogP contribution >= 0.6 is 0 Å². The second-order valence-electron chi connectivity index (χ2n) is 2.54. The normalized spacial score (nSPS) is 30.2. The second-order valence-corrected chi connectivity index (χ2v) is 2.54. The summed E-state index contributed by atoms with van der Waals surface area (Å²) in [6, 6.07) is 0. The number of hydrogen-bond donors (Lipinski definition) is 0. The second kappa shape index (κ2) is 2.41. The Balaban J connectivity index is 2.77. The Kier molecular flexibility index (Phi) is 1.75. The van der Waals surface area contributed by atoms with E-state index in [0.717, 1.165) is 0 Å². The Morgan fingerprint density at radius 3 is 2.70 bits per heavy atom. The maximum Gasteiger partial charge on any atom is 0.131 e. The first-order valence-electron chi connectivity index (χ1n) is 3.25. The number of epoxide rings is 1. The van der Waals surface area contributed by atoms with Gasteiger partial charge in [0.1, 0.15) is 11.5 Å². The molecule has 1 heterocycles. The van der Waals surface area contributed by atoms with Crippen molar-refractivity contribution in [2.45, 2.75) is 19.4 Å². The molecule has 1 unspecified atom stereocenters. The zero-order valence-corrected chi connectivity index (χ0v) is 6.18. The van der Waals surface area contributed by atoms with Crippen molar-refractivity contribution in [3.63, 3.8) is 0 Å². The molecule has 0 saturated carbocycles. The number of allylic oxidation sites excluding steroid dienone is 1. The van der Waals surface area contributed by atoms with E-state index in [9.17, 15) is 4.79 Å². The fourth-order valence-corrected chi connectivity index (χ4v) is 0.749. The first-order chi connectivity index (χ1) is 4.73. The minimum absolute atomic E-state index is 0.325. The van der Waals surface area contributed by atoms with Crippen LogP contribution in [0.5, 0.6) is 0 Å². The van der Waals surface area contributed by atoms with Crippen LogP contribution in [0, 0.1) is 0 Å². The number of rotatable bonds is 2. The van der Waals surface area contributed by atoms with Gasteiger partial charge in [0.25, 0.3) is 0 Å². The fourth-order valence-electron chi connectivity index (χ4n) is 0.749. The molecule has 0 aromatic heterocycles. The molecule has 2 heteroatoms. The van der Waals surface area contributed by atoms with Crippen LogP contribution in [0.3, 0.4) is 0 Å². The van der Waals surface area contributed by atoms with Crippen LogP contribution < -0.4 is 0 Å². The average Bonchev–Trinajstić information content (AvgIpc) is 2.64. The van der Waals surface area contributed by atoms with E-state index in [4.69, 9.17) is 4.74 Å². The van der Waals surface area contributed by atoms with Gasteiger partial charge in [-0.1, -0.05) is 6.08 Å². The highest BCUT2D eigenvalue weighted by Gasteiger charge is 2.43. The predicted molar refractivity (Wildman–Crippen MR) is 38.4 cm³/mol. The molecule has 2 nitrogen and oxygen atoms in total. The minimum atomic E-state index is -0.325. The fraction of sp³-hybridized carbons (Fsp3) is 0.500. The maximum absolute atomic E-state index is 10.3. The Labute approximate surface area is 60.2 Å². The van der Waals surface area contributed by atoms with Gasteiger partial charge in [-0.3, -0.25) is 0 Å². The monoisotopic (exact) mass is 138 g/mol. The molecule has 0 aromatic rings. The lowest BCUT2D eigenvalue weighted by atomic mass is 10.0. The van der Waals surface area contributed by atoms with E-state index >= 15 is 0 Å². The number of hydrogen-bond acceptors (Lipinski definition) is 2. The van der Waals surface area contributed by atoms with Crippen LogP contribution in [0.25, 0.3) is 0 Å². The highest BCUT2D eigenvalue weighted by molar-refractivity contribution is 5.62. The van der Waals surface area contributed by atoms with E-state index < -0.39 is 0 Å². The maximum atomic E-state index is 10.3. The van der Waals surface area contributed by atoms with Gasteiger partial charge in [-0.05, 0) is 19.9 Å². The molecule has 0 N–H and O–H groups in total.